The largest absolute Gasteiger partial charge is 0.463 e. The van der Waals surface area contributed by atoms with Gasteiger partial charge in [-0.2, -0.15) is 15.0 Å². The van der Waals surface area contributed by atoms with Crippen molar-refractivity contribution in [3.63, 3.8) is 0 Å². The molecule has 1 saturated heterocycles. The van der Waals surface area contributed by atoms with Crippen LogP contribution in [0.25, 0.3) is 0 Å². The van der Waals surface area contributed by atoms with Gasteiger partial charge in [-0.1, -0.05) is 13.8 Å². The minimum absolute atomic E-state index is 0.415. The van der Waals surface area contributed by atoms with Crippen LogP contribution in [-0.2, 0) is 0 Å². The van der Waals surface area contributed by atoms with Gasteiger partial charge >= 0.3 is 6.01 Å². The van der Waals surface area contributed by atoms with E-state index in [1.54, 1.807) is 0 Å². The molecule has 1 fully saturated rings. The van der Waals surface area contributed by atoms with E-state index in [-0.39, 0.29) is 0 Å². The Bertz CT molecular complexity index is 412. The molecule has 0 saturated carbocycles. The minimum Gasteiger partial charge on any atom is -0.463 e. The lowest BCUT2D eigenvalue weighted by molar-refractivity contribution is 0.291. The predicted octanol–water partition coefficient (Wildman–Crippen LogP) is 2.08. The lowest BCUT2D eigenvalue weighted by Gasteiger charge is -2.23. The molecule has 0 spiro atoms. The number of hydrogen-bond donors (Lipinski definition) is 1. The molecule has 0 aliphatic carbocycles. The highest BCUT2D eigenvalue weighted by atomic mass is 16.5. The van der Waals surface area contributed by atoms with E-state index in [0.717, 1.165) is 25.3 Å². The van der Waals surface area contributed by atoms with Crippen LogP contribution in [0.4, 0.5) is 11.9 Å². The van der Waals surface area contributed by atoms with Crippen LogP contribution in [0.1, 0.15) is 39.5 Å². The molecule has 0 aromatic carbocycles. The van der Waals surface area contributed by atoms with Crippen molar-refractivity contribution in [3.05, 3.63) is 0 Å². The molecule has 6 nitrogen and oxygen atoms in total. The lowest BCUT2D eigenvalue weighted by Crippen LogP contribution is -2.30. The molecular formula is C13H23N5O. The van der Waals surface area contributed by atoms with Gasteiger partial charge in [-0.3, -0.25) is 0 Å². The third kappa shape index (κ3) is 3.24. The monoisotopic (exact) mass is 265 g/mol. The second kappa shape index (κ2) is 6.54. The highest BCUT2D eigenvalue weighted by molar-refractivity contribution is 5.40. The molecule has 2 rings (SSSR count). The molecule has 1 aromatic rings. The van der Waals surface area contributed by atoms with Crippen LogP contribution in [0.3, 0.4) is 0 Å². The van der Waals surface area contributed by atoms with Crippen LogP contribution in [-0.4, -0.2) is 41.2 Å². The molecular weight excluding hydrogens is 242 g/mol. The molecule has 1 N–H and O–H groups in total. The van der Waals surface area contributed by atoms with E-state index >= 15 is 0 Å². The van der Waals surface area contributed by atoms with Crippen molar-refractivity contribution in [2.75, 3.05) is 30.4 Å². The molecule has 6 heteroatoms. The summed E-state index contributed by atoms with van der Waals surface area (Å²) in [5, 5.41) is 2.97. The Morgan fingerprint density at radius 2 is 2.16 bits per heavy atom. The maximum absolute atomic E-state index is 5.54. The summed E-state index contributed by atoms with van der Waals surface area (Å²) in [5.41, 5.74) is 0. The lowest BCUT2D eigenvalue weighted by atomic mass is 10.2. The Hall–Kier alpha value is -1.59. The van der Waals surface area contributed by atoms with Crippen molar-refractivity contribution >= 4 is 11.9 Å². The third-order valence-electron chi connectivity index (χ3n) is 3.37. The van der Waals surface area contributed by atoms with Gasteiger partial charge in [0.25, 0.3) is 0 Å². The minimum atomic E-state index is 0.415. The average Bonchev–Trinajstić information content (AvgIpc) is 2.93. The second-order valence-corrected chi connectivity index (χ2v) is 4.74. The van der Waals surface area contributed by atoms with Crippen LogP contribution in [0.15, 0.2) is 0 Å². The van der Waals surface area contributed by atoms with E-state index in [1.807, 2.05) is 7.05 Å². The zero-order valence-corrected chi connectivity index (χ0v) is 12.0. The summed E-state index contributed by atoms with van der Waals surface area (Å²) in [6.07, 6.45) is 4.47. The summed E-state index contributed by atoms with van der Waals surface area (Å²) in [5.74, 6) is 1.30. The van der Waals surface area contributed by atoms with Crippen molar-refractivity contribution in [1.82, 2.24) is 15.0 Å². The van der Waals surface area contributed by atoms with Crippen LogP contribution in [0.2, 0.25) is 0 Å². The van der Waals surface area contributed by atoms with E-state index in [1.165, 1.54) is 12.8 Å². The number of nitrogens with zero attached hydrogens (tertiary/aromatic N) is 4. The normalized spacial score (nSPS) is 18.7. The SMILES string of the molecule is CCCOc1nc(NC)nc(N2CCCC2CC)n1. The Kier molecular flexibility index (Phi) is 4.76. The number of anilines is 2. The molecule has 19 heavy (non-hydrogen) atoms. The van der Waals surface area contributed by atoms with Gasteiger partial charge in [-0.25, -0.2) is 0 Å². The third-order valence-corrected chi connectivity index (χ3v) is 3.37. The first kappa shape index (κ1) is 13.8. The van der Waals surface area contributed by atoms with Gasteiger partial charge < -0.3 is 15.0 Å². The van der Waals surface area contributed by atoms with E-state index in [0.29, 0.717) is 24.6 Å². The molecule has 106 valence electrons. The van der Waals surface area contributed by atoms with Crippen LogP contribution >= 0.6 is 0 Å². The summed E-state index contributed by atoms with van der Waals surface area (Å²) in [6, 6.07) is 0.948. The number of nitrogens with one attached hydrogen (secondary N) is 1. The van der Waals surface area contributed by atoms with Crippen molar-refractivity contribution < 1.29 is 4.74 Å². The Balaban J connectivity index is 2.23. The summed E-state index contributed by atoms with van der Waals surface area (Å²) in [7, 11) is 1.81. The second-order valence-electron chi connectivity index (χ2n) is 4.74. The molecule has 0 radical (unpaired) electrons. The predicted molar refractivity (Wildman–Crippen MR) is 75.8 cm³/mol. The quantitative estimate of drug-likeness (QED) is 0.849. The highest BCUT2D eigenvalue weighted by Crippen LogP contribution is 2.26. The van der Waals surface area contributed by atoms with E-state index in [4.69, 9.17) is 4.74 Å². The number of rotatable bonds is 6. The Labute approximate surface area is 114 Å². The zero-order chi connectivity index (χ0) is 13.7. The number of hydrogen-bond acceptors (Lipinski definition) is 6. The molecule has 0 bridgehead atoms. The van der Waals surface area contributed by atoms with Crippen molar-refractivity contribution in [3.8, 4) is 6.01 Å². The Morgan fingerprint density at radius 1 is 1.32 bits per heavy atom. The Morgan fingerprint density at radius 3 is 2.84 bits per heavy atom. The fourth-order valence-electron chi connectivity index (χ4n) is 2.37. The first-order valence-electron chi connectivity index (χ1n) is 7.11. The van der Waals surface area contributed by atoms with E-state index in [9.17, 15) is 0 Å². The van der Waals surface area contributed by atoms with Gasteiger partial charge in [0.2, 0.25) is 11.9 Å². The number of ether oxygens (including phenoxy) is 1. The standard InChI is InChI=1S/C13H23N5O/c1-4-9-19-13-16-11(14-3)15-12(17-13)18-8-6-7-10(18)5-2/h10H,4-9H2,1-3H3,(H,14,15,16,17). The smallest absolute Gasteiger partial charge is 0.323 e. The average molecular weight is 265 g/mol. The molecule has 1 atom stereocenters. The highest BCUT2D eigenvalue weighted by Gasteiger charge is 2.26. The topological polar surface area (TPSA) is 63.2 Å². The molecule has 1 unspecified atom stereocenters. The van der Waals surface area contributed by atoms with Crippen LogP contribution in [0, 0.1) is 0 Å². The summed E-state index contributed by atoms with van der Waals surface area (Å²) >= 11 is 0. The molecule has 1 aliphatic heterocycles. The van der Waals surface area contributed by atoms with Gasteiger partial charge in [-0.15, -0.1) is 0 Å². The van der Waals surface area contributed by atoms with Gasteiger partial charge in [0.1, 0.15) is 0 Å². The van der Waals surface area contributed by atoms with Gasteiger partial charge in [0, 0.05) is 19.6 Å². The van der Waals surface area contributed by atoms with Gasteiger partial charge in [0.15, 0.2) is 0 Å². The summed E-state index contributed by atoms with van der Waals surface area (Å²) in [4.78, 5) is 15.4. The first-order chi connectivity index (χ1) is 9.28. The molecule has 1 aliphatic rings. The van der Waals surface area contributed by atoms with Crippen molar-refractivity contribution in [1.29, 1.82) is 0 Å². The fraction of sp³-hybridized carbons (Fsp3) is 0.769. The maximum atomic E-state index is 5.54. The maximum Gasteiger partial charge on any atom is 0.323 e. The molecule has 1 aromatic heterocycles. The molecule has 2 heterocycles. The van der Waals surface area contributed by atoms with Crippen molar-refractivity contribution in [2.45, 2.75) is 45.6 Å². The van der Waals surface area contributed by atoms with Gasteiger partial charge in [-0.05, 0) is 25.7 Å². The molecule has 0 amide bonds. The fourth-order valence-corrected chi connectivity index (χ4v) is 2.37. The number of aromatic nitrogens is 3. The zero-order valence-electron chi connectivity index (χ0n) is 12.0. The first-order valence-corrected chi connectivity index (χ1v) is 7.11. The van der Waals surface area contributed by atoms with E-state index < -0.39 is 0 Å². The van der Waals surface area contributed by atoms with Gasteiger partial charge in [0.05, 0.1) is 6.61 Å². The summed E-state index contributed by atoms with van der Waals surface area (Å²) < 4.78 is 5.54. The summed E-state index contributed by atoms with van der Waals surface area (Å²) in [6.45, 7) is 5.91. The van der Waals surface area contributed by atoms with E-state index in [2.05, 4.69) is 39.0 Å². The van der Waals surface area contributed by atoms with Crippen LogP contribution < -0.4 is 15.0 Å². The van der Waals surface area contributed by atoms with Crippen molar-refractivity contribution in [2.24, 2.45) is 0 Å². The van der Waals surface area contributed by atoms with Crippen LogP contribution in [0.5, 0.6) is 6.01 Å².